The van der Waals surface area contributed by atoms with E-state index in [1.807, 2.05) is 27.7 Å². The fourth-order valence-corrected chi connectivity index (χ4v) is 2.20. The first kappa shape index (κ1) is 14.9. The largest absolute Gasteiger partial charge is 0.498 e. The Bertz CT molecular complexity index is 677. The van der Waals surface area contributed by atoms with Crippen molar-refractivity contribution in [2.75, 3.05) is 5.73 Å². The van der Waals surface area contributed by atoms with Crippen LogP contribution in [0.25, 0.3) is 11.3 Å². The van der Waals surface area contributed by atoms with E-state index >= 15 is 0 Å². The normalized spacial score (nSPS) is 19.4. The van der Waals surface area contributed by atoms with Gasteiger partial charge in [-0.3, -0.25) is 0 Å². The van der Waals surface area contributed by atoms with Crippen molar-refractivity contribution in [3.63, 3.8) is 0 Å². The topological polar surface area (TPSA) is 96.0 Å². The summed E-state index contributed by atoms with van der Waals surface area (Å²) in [4.78, 5) is 16.4. The molecule has 2 N–H and O–H groups in total. The number of nitrogens with two attached hydrogens (primary N) is 1. The molecule has 114 valence electrons. The van der Waals surface area contributed by atoms with Gasteiger partial charge in [0.05, 0.1) is 16.9 Å². The van der Waals surface area contributed by atoms with Gasteiger partial charge in [0.2, 0.25) is 5.95 Å². The second-order valence-electron chi connectivity index (χ2n) is 6.25. The summed E-state index contributed by atoms with van der Waals surface area (Å²) in [5.41, 5.74) is 6.91. The molecule has 7 nitrogen and oxygen atoms in total. The standard InChI is InChI=1S/C14H18BN5O2/c1-13(2)14(3,4)22-15(21-13)10-7-19-12(16)20-11(10)9-5-17-8-18-6-9/h5-8H,1-4H3,(H2,16,19,20). The fraction of sp³-hybridized carbons (Fsp3) is 0.429. The van der Waals surface area contributed by atoms with E-state index in [1.54, 1.807) is 18.6 Å². The van der Waals surface area contributed by atoms with Gasteiger partial charge in [-0.05, 0) is 27.7 Å². The van der Waals surface area contributed by atoms with Gasteiger partial charge in [-0.1, -0.05) is 0 Å². The molecule has 22 heavy (non-hydrogen) atoms. The molecule has 1 saturated heterocycles. The van der Waals surface area contributed by atoms with Gasteiger partial charge in [0.25, 0.3) is 0 Å². The van der Waals surface area contributed by atoms with Crippen molar-refractivity contribution in [2.24, 2.45) is 0 Å². The molecule has 0 radical (unpaired) electrons. The van der Waals surface area contributed by atoms with Crippen LogP contribution >= 0.6 is 0 Å². The second-order valence-corrected chi connectivity index (χ2v) is 6.25. The van der Waals surface area contributed by atoms with Crippen LogP contribution in [0.3, 0.4) is 0 Å². The lowest BCUT2D eigenvalue weighted by atomic mass is 9.77. The Morgan fingerprint density at radius 3 is 2.18 bits per heavy atom. The van der Waals surface area contributed by atoms with Gasteiger partial charge >= 0.3 is 7.12 Å². The number of aromatic nitrogens is 4. The van der Waals surface area contributed by atoms with E-state index in [9.17, 15) is 0 Å². The molecule has 0 aromatic carbocycles. The quantitative estimate of drug-likeness (QED) is 0.820. The highest BCUT2D eigenvalue weighted by Crippen LogP contribution is 2.37. The van der Waals surface area contributed by atoms with Crippen molar-refractivity contribution >= 4 is 18.5 Å². The van der Waals surface area contributed by atoms with Crippen LogP contribution in [0.2, 0.25) is 0 Å². The number of nitrogens with zero attached hydrogens (tertiary/aromatic N) is 4. The molecule has 0 aliphatic carbocycles. The van der Waals surface area contributed by atoms with E-state index in [0.29, 0.717) is 11.2 Å². The first-order valence-electron chi connectivity index (χ1n) is 7.03. The Labute approximate surface area is 129 Å². The molecular formula is C14H18BN5O2. The number of hydrogen-bond donors (Lipinski definition) is 1. The molecule has 1 aliphatic rings. The van der Waals surface area contributed by atoms with E-state index in [4.69, 9.17) is 15.0 Å². The Hall–Kier alpha value is -2.06. The number of anilines is 1. The molecule has 8 heteroatoms. The summed E-state index contributed by atoms with van der Waals surface area (Å²) >= 11 is 0. The third kappa shape index (κ3) is 2.44. The maximum atomic E-state index is 6.07. The van der Waals surface area contributed by atoms with Gasteiger partial charge in [0.1, 0.15) is 6.33 Å². The van der Waals surface area contributed by atoms with Gasteiger partial charge < -0.3 is 15.0 Å². The molecule has 0 saturated carbocycles. The molecule has 0 atom stereocenters. The summed E-state index contributed by atoms with van der Waals surface area (Å²) in [7, 11) is -0.569. The number of rotatable bonds is 2. The van der Waals surface area contributed by atoms with Crippen LogP contribution < -0.4 is 11.2 Å². The minimum absolute atomic E-state index is 0.180. The molecule has 3 heterocycles. The summed E-state index contributed by atoms with van der Waals surface area (Å²) in [6.45, 7) is 7.99. The van der Waals surface area contributed by atoms with Crippen LogP contribution in [0, 0.1) is 0 Å². The van der Waals surface area contributed by atoms with Crippen LogP contribution in [-0.4, -0.2) is 38.3 Å². The van der Waals surface area contributed by atoms with Gasteiger partial charge in [0.15, 0.2) is 0 Å². The van der Waals surface area contributed by atoms with Gasteiger partial charge in [0, 0.05) is 29.6 Å². The molecule has 2 aromatic heterocycles. The third-order valence-corrected chi connectivity index (χ3v) is 4.18. The zero-order chi connectivity index (χ0) is 16.0. The molecule has 3 rings (SSSR count). The first-order valence-corrected chi connectivity index (χ1v) is 7.03. The van der Waals surface area contributed by atoms with E-state index in [1.165, 1.54) is 6.33 Å². The molecule has 1 aliphatic heterocycles. The summed E-state index contributed by atoms with van der Waals surface area (Å²) in [6.07, 6.45) is 6.43. The minimum Gasteiger partial charge on any atom is -0.399 e. The zero-order valence-corrected chi connectivity index (χ0v) is 13.1. The maximum Gasteiger partial charge on any atom is 0.498 e. The highest BCUT2D eigenvalue weighted by molar-refractivity contribution is 6.63. The molecule has 0 bridgehead atoms. The van der Waals surface area contributed by atoms with Crippen molar-refractivity contribution < 1.29 is 9.31 Å². The third-order valence-electron chi connectivity index (χ3n) is 4.18. The van der Waals surface area contributed by atoms with E-state index in [2.05, 4.69) is 19.9 Å². The second kappa shape index (κ2) is 5.00. The average molecular weight is 299 g/mol. The van der Waals surface area contributed by atoms with Crippen molar-refractivity contribution in [1.29, 1.82) is 0 Å². The summed E-state index contributed by atoms with van der Waals surface area (Å²) < 4.78 is 12.1. The van der Waals surface area contributed by atoms with Crippen molar-refractivity contribution in [3.8, 4) is 11.3 Å². The molecule has 0 unspecified atom stereocenters. The lowest BCUT2D eigenvalue weighted by molar-refractivity contribution is 0.00578. The van der Waals surface area contributed by atoms with Crippen LogP contribution in [0.1, 0.15) is 27.7 Å². The predicted octanol–water partition coefficient (Wildman–Crippen LogP) is 0.815. The first-order chi connectivity index (χ1) is 10.3. The van der Waals surface area contributed by atoms with Crippen molar-refractivity contribution in [2.45, 2.75) is 38.9 Å². The van der Waals surface area contributed by atoms with Gasteiger partial charge in [-0.2, -0.15) is 0 Å². The van der Waals surface area contributed by atoms with Crippen molar-refractivity contribution in [1.82, 2.24) is 19.9 Å². The fourth-order valence-electron chi connectivity index (χ4n) is 2.20. The Morgan fingerprint density at radius 2 is 1.59 bits per heavy atom. The molecule has 2 aromatic rings. The van der Waals surface area contributed by atoms with Gasteiger partial charge in [-0.25, -0.2) is 19.9 Å². The Balaban J connectivity index is 2.06. The minimum atomic E-state index is -0.569. The monoisotopic (exact) mass is 299 g/mol. The van der Waals surface area contributed by atoms with E-state index in [0.717, 1.165) is 5.56 Å². The van der Waals surface area contributed by atoms with Gasteiger partial charge in [-0.15, -0.1) is 0 Å². The SMILES string of the molecule is CC1(C)OB(c2cnc(N)nc2-c2cncnc2)OC1(C)C. The van der Waals surface area contributed by atoms with Crippen LogP contribution in [-0.2, 0) is 9.31 Å². The maximum absolute atomic E-state index is 6.07. The van der Waals surface area contributed by atoms with E-state index in [-0.39, 0.29) is 5.95 Å². The molecule has 0 spiro atoms. The Morgan fingerprint density at radius 1 is 1.00 bits per heavy atom. The lowest BCUT2D eigenvalue weighted by Gasteiger charge is -2.32. The smallest absolute Gasteiger partial charge is 0.399 e. The van der Waals surface area contributed by atoms with E-state index < -0.39 is 18.3 Å². The summed E-state index contributed by atoms with van der Waals surface area (Å²) in [5, 5.41) is 0. The number of hydrogen-bond acceptors (Lipinski definition) is 7. The zero-order valence-electron chi connectivity index (χ0n) is 13.1. The van der Waals surface area contributed by atoms with Crippen LogP contribution in [0.15, 0.2) is 24.9 Å². The molecule has 1 fully saturated rings. The summed E-state index contributed by atoms with van der Waals surface area (Å²) in [5.74, 6) is 0.180. The van der Waals surface area contributed by atoms with Crippen LogP contribution in [0.4, 0.5) is 5.95 Å². The highest BCUT2D eigenvalue weighted by Gasteiger charge is 2.52. The molecular weight excluding hydrogens is 281 g/mol. The summed E-state index contributed by atoms with van der Waals surface area (Å²) in [6, 6.07) is 0. The molecule has 0 amide bonds. The number of nitrogen functional groups attached to an aromatic ring is 1. The highest BCUT2D eigenvalue weighted by atomic mass is 16.7. The Kier molecular flexibility index (Phi) is 3.38. The average Bonchev–Trinajstić information content (AvgIpc) is 2.68. The predicted molar refractivity (Wildman–Crippen MR) is 83.2 cm³/mol. The lowest BCUT2D eigenvalue weighted by Crippen LogP contribution is -2.41. The van der Waals surface area contributed by atoms with Crippen LogP contribution in [0.5, 0.6) is 0 Å². The van der Waals surface area contributed by atoms with Crippen molar-refractivity contribution in [3.05, 3.63) is 24.9 Å².